The van der Waals surface area contributed by atoms with E-state index in [0.29, 0.717) is 5.56 Å². The van der Waals surface area contributed by atoms with Gasteiger partial charge >= 0.3 is 6.18 Å². The van der Waals surface area contributed by atoms with E-state index in [9.17, 15) is 22.8 Å². The third-order valence-corrected chi connectivity index (χ3v) is 3.76. The molecule has 0 radical (unpaired) electrons. The van der Waals surface area contributed by atoms with Gasteiger partial charge < -0.3 is 0 Å². The Morgan fingerprint density at radius 1 is 1.00 bits per heavy atom. The van der Waals surface area contributed by atoms with Crippen molar-refractivity contribution >= 4 is 17.4 Å². The highest BCUT2D eigenvalue weighted by Crippen LogP contribution is 2.42. The second-order valence-electron chi connectivity index (χ2n) is 5.41. The van der Waals surface area contributed by atoms with Gasteiger partial charge in [0.25, 0.3) is 11.7 Å². The predicted molar refractivity (Wildman–Crippen MR) is 78.1 cm³/mol. The minimum Gasteiger partial charge on any atom is -0.300 e. The van der Waals surface area contributed by atoms with E-state index in [0.717, 1.165) is 22.6 Å². The number of amides is 1. The number of rotatable bonds is 2. The van der Waals surface area contributed by atoms with Gasteiger partial charge in [-0.25, -0.2) is 0 Å². The molecule has 3 rings (SSSR count). The van der Waals surface area contributed by atoms with Crippen LogP contribution in [0.4, 0.5) is 18.9 Å². The monoisotopic (exact) mass is 319 g/mol. The van der Waals surface area contributed by atoms with Crippen LogP contribution in [0, 0.1) is 6.92 Å². The predicted octanol–water partition coefficient (Wildman–Crippen LogP) is 3.74. The summed E-state index contributed by atoms with van der Waals surface area (Å²) in [7, 11) is 0. The van der Waals surface area contributed by atoms with Crippen molar-refractivity contribution in [3.8, 4) is 0 Å². The second-order valence-corrected chi connectivity index (χ2v) is 5.41. The molecule has 0 fully saturated rings. The Balaban J connectivity index is 2.09. The van der Waals surface area contributed by atoms with E-state index in [1.54, 1.807) is 24.3 Å². The zero-order chi connectivity index (χ0) is 16.8. The van der Waals surface area contributed by atoms with Crippen molar-refractivity contribution in [1.82, 2.24) is 0 Å². The van der Waals surface area contributed by atoms with Gasteiger partial charge in [-0.2, -0.15) is 13.2 Å². The number of benzene rings is 2. The van der Waals surface area contributed by atoms with Crippen molar-refractivity contribution < 1.29 is 22.8 Å². The number of ketones is 1. The van der Waals surface area contributed by atoms with Gasteiger partial charge in [-0.05, 0) is 24.6 Å². The zero-order valence-electron chi connectivity index (χ0n) is 12.1. The van der Waals surface area contributed by atoms with Crippen LogP contribution in [0.3, 0.4) is 0 Å². The maximum atomic E-state index is 13.2. The van der Waals surface area contributed by atoms with Crippen LogP contribution in [0.1, 0.15) is 27.0 Å². The molecule has 0 aromatic heterocycles. The number of halogens is 3. The fourth-order valence-corrected chi connectivity index (χ4v) is 2.61. The summed E-state index contributed by atoms with van der Waals surface area (Å²) < 4.78 is 39.6. The van der Waals surface area contributed by atoms with Crippen LogP contribution in [0.5, 0.6) is 0 Å². The average Bonchev–Trinajstić information content (AvgIpc) is 2.74. The van der Waals surface area contributed by atoms with Crippen LogP contribution >= 0.6 is 0 Å². The van der Waals surface area contributed by atoms with E-state index < -0.39 is 23.4 Å². The number of anilines is 1. The summed E-state index contributed by atoms with van der Waals surface area (Å²) in [6.45, 7) is 1.80. The third-order valence-electron chi connectivity index (χ3n) is 3.76. The number of carbonyl (C=O) groups excluding carboxylic acids is 2. The first-order valence-corrected chi connectivity index (χ1v) is 6.91. The average molecular weight is 319 g/mol. The molecule has 2 aromatic rings. The fraction of sp³-hybridized carbons (Fsp3) is 0.176. The molecule has 0 aliphatic carbocycles. The van der Waals surface area contributed by atoms with Gasteiger partial charge in [-0.3, -0.25) is 14.5 Å². The van der Waals surface area contributed by atoms with E-state index in [1.807, 2.05) is 6.92 Å². The molecular formula is C17H12F3NO2. The zero-order valence-corrected chi connectivity index (χ0v) is 12.1. The molecule has 0 saturated carbocycles. The topological polar surface area (TPSA) is 37.4 Å². The number of para-hydroxylation sites is 1. The van der Waals surface area contributed by atoms with E-state index in [2.05, 4.69) is 0 Å². The first kappa shape index (κ1) is 15.3. The number of nitrogens with zero attached hydrogens (tertiary/aromatic N) is 1. The molecule has 0 saturated heterocycles. The Kier molecular flexibility index (Phi) is 3.47. The summed E-state index contributed by atoms with van der Waals surface area (Å²) >= 11 is 0. The largest absolute Gasteiger partial charge is 0.418 e. The SMILES string of the molecule is Cc1ccc(CN2C(=O)C(=O)c3cccc(C(F)(F)F)c32)cc1. The maximum Gasteiger partial charge on any atom is 0.418 e. The first-order valence-electron chi connectivity index (χ1n) is 6.91. The summed E-state index contributed by atoms with van der Waals surface area (Å²) in [5.74, 6) is -1.84. The van der Waals surface area contributed by atoms with E-state index in [1.165, 1.54) is 6.07 Å². The van der Waals surface area contributed by atoms with Crippen molar-refractivity contribution in [1.29, 1.82) is 0 Å². The molecular weight excluding hydrogens is 307 g/mol. The molecule has 1 aliphatic heterocycles. The van der Waals surface area contributed by atoms with Gasteiger partial charge in [-0.15, -0.1) is 0 Å². The smallest absolute Gasteiger partial charge is 0.300 e. The summed E-state index contributed by atoms with van der Waals surface area (Å²) in [5.41, 5.74) is 0.129. The Morgan fingerprint density at radius 2 is 1.65 bits per heavy atom. The molecule has 1 amide bonds. The minimum absolute atomic E-state index is 0.0784. The molecule has 0 spiro atoms. The molecule has 23 heavy (non-hydrogen) atoms. The van der Waals surface area contributed by atoms with Crippen molar-refractivity contribution in [3.63, 3.8) is 0 Å². The molecule has 0 unspecified atom stereocenters. The number of Topliss-reactive ketones (excluding diaryl/α,β-unsaturated/α-hetero) is 1. The highest BCUT2D eigenvalue weighted by Gasteiger charge is 2.44. The highest BCUT2D eigenvalue weighted by atomic mass is 19.4. The van der Waals surface area contributed by atoms with Gasteiger partial charge in [0.15, 0.2) is 0 Å². The van der Waals surface area contributed by atoms with Gasteiger partial charge in [-0.1, -0.05) is 35.9 Å². The first-order chi connectivity index (χ1) is 10.8. The lowest BCUT2D eigenvalue weighted by Crippen LogP contribution is -2.30. The van der Waals surface area contributed by atoms with Gasteiger partial charge in [0.1, 0.15) is 0 Å². The molecule has 2 aromatic carbocycles. The Labute approximate surface area is 130 Å². The molecule has 118 valence electrons. The van der Waals surface area contributed by atoms with Crippen LogP contribution in [0.15, 0.2) is 42.5 Å². The third kappa shape index (κ3) is 2.60. The molecule has 0 atom stereocenters. The van der Waals surface area contributed by atoms with Crippen LogP contribution in [0.2, 0.25) is 0 Å². The van der Waals surface area contributed by atoms with Crippen molar-refractivity contribution in [3.05, 3.63) is 64.7 Å². The van der Waals surface area contributed by atoms with Crippen LogP contribution in [-0.2, 0) is 17.5 Å². The van der Waals surface area contributed by atoms with E-state index in [4.69, 9.17) is 0 Å². The lowest BCUT2D eigenvalue weighted by molar-refractivity contribution is -0.137. The molecule has 0 bridgehead atoms. The number of fused-ring (bicyclic) bond motifs is 1. The standard InChI is InChI=1S/C17H12F3NO2/c1-10-5-7-11(8-6-10)9-21-14-12(15(22)16(21)23)3-2-4-13(14)17(18,19)20/h2-8H,9H2,1H3. The quantitative estimate of drug-likeness (QED) is 0.791. The number of hydrogen-bond acceptors (Lipinski definition) is 2. The summed E-state index contributed by atoms with van der Waals surface area (Å²) in [4.78, 5) is 25.0. The summed E-state index contributed by atoms with van der Waals surface area (Å²) in [5, 5.41) is 0. The minimum atomic E-state index is -4.64. The number of alkyl halides is 3. The number of aryl methyl sites for hydroxylation is 1. The van der Waals surface area contributed by atoms with Crippen LogP contribution in [-0.4, -0.2) is 11.7 Å². The maximum absolute atomic E-state index is 13.2. The van der Waals surface area contributed by atoms with Crippen molar-refractivity contribution in [2.45, 2.75) is 19.6 Å². The second kappa shape index (κ2) is 5.22. The number of carbonyl (C=O) groups is 2. The molecule has 1 heterocycles. The van der Waals surface area contributed by atoms with Crippen molar-refractivity contribution in [2.24, 2.45) is 0 Å². The number of hydrogen-bond donors (Lipinski definition) is 0. The van der Waals surface area contributed by atoms with Crippen LogP contribution < -0.4 is 4.90 Å². The summed E-state index contributed by atoms with van der Waals surface area (Å²) in [6, 6.07) is 10.3. The Hall–Kier alpha value is -2.63. The van der Waals surface area contributed by atoms with E-state index >= 15 is 0 Å². The molecule has 3 nitrogen and oxygen atoms in total. The molecule has 1 aliphatic rings. The Bertz CT molecular complexity index is 794. The normalized spacial score (nSPS) is 14.3. The summed E-state index contributed by atoms with van der Waals surface area (Å²) in [6.07, 6.45) is -4.64. The Morgan fingerprint density at radius 3 is 2.26 bits per heavy atom. The molecule has 0 N–H and O–H groups in total. The lowest BCUT2D eigenvalue weighted by Gasteiger charge is -2.21. The molecule has 6 heteroatoms. The van der Waals surface area contributed by atoms with Crippen LogP contribution in [0.25, 0.3) is 0 Å². The van der Waals surface area contributed by atoms with Gasteiger partial charge in [0.2, 0.25) is 0 Å². The van der Waals surface area contributed by atoms with E-state index in [-0.39, 0.29) is 17.8 Å². The fourth-order valence-electron chi connectivity index (χ4n) is 2.61. The lowest BCUT2D eigenvalue weighted by atomic mass is 10.1. The highest BCUT2D eigenvalue weighted by molar-refractivity contribution is 6.52. The van der Waals surface area contributed by atoms with Gasteiger partial charge in [0.05, 0.1) is 23.4 Å². The van der Waals surface area contributed by atoms with Gasteiger partial charge in [0, 0.05) is 0 Å². The van der Waals surface area contributed by atoms with Crippen molar-refractivity contribution in [2.75, 3.05) is 4.90 Å².